The first-order valence-electron chi connectivity index (χ1n) is 6.76. The summed E-state index contributed by atoms with van der Waals surface area (Å²) >= 11 is 0. The maximum Gasteiger partial charge on any atom is 0.223 e. The molecule has 0 aliphatic rings. The standard InChI is InChI=1S/C16H18FN3O2/c1-16(2,15(19)21)9-10-3-4-11(7-13(10)17)22-12-5-6-20-14(18)8-12/h3-8H,9H2,1-2H3,(H2,18,20)(H2,19,21). The van der Waals surface area contributed by atoms with E-state index in [-0.39, 0.29) is 6.42 Å². The second-order valence-electron chi connectivity index (χ2n) is 5.70. The fourth-order valence-electron chi connectivity index (χ4n) is 1.93. The van der Waals surface area contributed by atoms with E-state index < -0.39 is 17.1 Å². The summed E-state index contributed by atoms with van der Waals surface area (Å²) in [5.74, 6) is 0.201. The molecule has 0 radical (unpaired) electrons. The van der Waals surface area contributed by atoms with Crippen molar-refractivity contribution in [3.8, 4) is 11.5 Å². The van der Waals surface area contributed by atoms with Crippen LogP contribution in [0.25, 0.3) is 0 Å². The van der Waals surface area contributed by atoms with Crippen molar-refractivity contribution in [3.05, 3.63) is 47.9 Å². The van der Waals surface area contributed by atoms with Gasteiger partial charge in [0.25, 0.3) is 0 Å². The van der Waals surface area contributed by atoms with Crippen LogP contribution in [0, 0.1) is 11.2 Å². The average Bonchev–Trinajstić information content (AvgIpc) is 2.41. The monoisotopic (exact) mass is 303 g/mol. The van der Waals surface area contributed by atoms with E-state index in [4.69, 9.17) is 16.2 Å². The van der Waals surface area contributed by atoms with Crippen LogP contribution >= 0.6 is 0 Å². The first kappa shape index (κ1) is 15.8. The predicted octanol–water partition coefficient (Wildman–Crippen LogP) is 2.65. The molecule has 6 heteroatoms. The van der Waals surface area contributed by atoms with Crippen molar-refractivity contribution in [3.63, 3.8) is 0 Å². The Labute approximate surface area is 128 Å². The lowest BCUT2D eigenvalue weighted by Crippen LogP contribution is -2.33. The van der Waals surface area contributed by atoms with Crippen LogP contribution in [0.2, 0.25) is 0 Å². The van der Waals surface area contributed by atoms with Gasteiger partial charge in [-0.25, -0.2) is 9.37 Å². The number of amides is 1. The van der Waals surface area contributed by atoms with Crippen molar-refractivity contribution in [1.29, 1.82) is 0 Å². The van der Waals surface area contributed by atoms with Gasteiger partial charge in [0.2, 0.25) is 5.91 Å². The molecule has 0 spiro atoms. The molecule has 5 nitrogen and oxygen atoms in total. The van der Waals surface area contributed by atoms with Crippen LogP contribution in [0.5, 0.6) is 11.5 Å². The zero-order valence-electron chi connectivity index (χ0n) is 12.5. The van der Waals surface area contributed by atoms with E-state index in [9.17, 15) is 9.18 Å². The SMILES string of the molecule is CC(C)(Cc1ccc(Oc2ccnc(N)c2)cc1F)C(N)=O. The molecular formula is C16H18FN3O2. The molecule has 0 fully saturated rings. The molecule has 2 rings (SSSR count). The highest BCUT2D eigenvalue weighted by Gasteiger charge is 2.26. The summed E-state index contributed by atoms with van der Waals surface area (Å²) in [7, 11) is 0. The number of carbonyl (C=O) groups excluding carboxylic acids is 1. The van der Waals surface area contributed by atoms with Gasteiger partial charge >= 0.3 is 0 Å². The zero-order valence-corrected chi connectivity index (χ0v) is 12.5. The minimum atomic E-state index is -0.817. The number of hydrogen-bond acceptors (Lipinski definition) is 4. The van der Waals surface area contributed by atoms with Crippen molar-refractivity contribution in [2.24, 2.45) is 11.1 Å². The number of aromatic nitrogens is 1. The number of rotatable bonds is 5. The van der Waals surface area contributed by atoms with Gasteiger partial charge in [-0.3, -0.25) is 4.79 Å². The van der Waals surface area contributed by atoms with E-state index in [1.165, 1.54) is 12.3 Å². The van der Waals surface area contributed by atoms with E-state index in [2.05, 4.69) is 4.98 Å². The second-order valence-corrected chi connectivity index (χ2v) is 5.70. The van der Waals surface area contributed by atoms with Gasteiger partial charge in [0.1, 0.15) is 23.1 Å². The predicted molar refractivity (Wildman–Crippen MR) is 81.8 cm³/mol. The number of primary amides is 1. The smallest absolute Gasteiger partial charge is 0.223 e. The van der Waals surface area contributed by atoms with E-state index in [1.807, 2.05) is 0 Å². The van der Waals surface area contributed by atoms with Gasteiger partial charge in [-0.05, 0) is 24.1 Å². The first-order chi connectivity index (χ1) is 10.3. The lowest BCUT2D eigenvalue weighted by molar-refractivity contribution is -0.125. The fraction of sp³-hybridized carbons (Fsp3) is 0.250. The van der Waals surface area contributed by atoms with Gasteiger partial charge in [-0.15, -0.1) is 0 Å². The van der Waals surface area contributed by atoms with Crippen molar-refractivity contribution in [1.82, 2.24) is 4.98 Å². The Morgan fingerprint density at radius 1 is 1.27 bits per heavy atom. The molecule has 0 saturated carbocycles. The van der Waals surface area contributed by atoms with Crippen LogP contribution in [0.3, 0.4) is 0 Å². The van der Waals surface area contributed by atoms with Crippen LogP contribution in [0.4, 0.5) is 10.2 Å². The summed E-state index contributed by atoms with van der Waals surface area (Å²) in [5.41, 5.74) is 10.5. The first-order valence-corrected chi connectivity index (χ1v) is 6.76. The second kappa shape index (κ2) is 6.01. The third-order valence-electron chi connectivity index (χ3n) is 3.31. The Bertz CT molecular complexity index is 702. The van der Waals surface area contributed by atoms with Crippen LogP contribution in [0.15, 0.2) is 36.5 Å². The van der Waals surface area contributed by atoms with Crippen LogP contribution in [-0.2, 0) is 11.2 Å². The third-order valence-corrected chi connectivity index (χ3v) is 3.31. The van der Waals surface area contributed by atoms with Gasteiger partial charge in [0.15, 0.2) is 0 Å². The Hall–Kier alpha value is -2.63. The minimum absolute atomic E-state index is 0.219. The Balaban J connectivity index is 2.18. The molecule has 0 atom stereocenters. The van der Waals surface area contributed by atoms with Gasteiger partial charge in [0, 0.05) is 23.7 Å². The number of ether oxygens (including phenoxy) is 1. The summed E-state index contributed by atoms with van der Waals surface area (Å²) in [5, 5.41) is 0. The summed E-state index contributed by atoms with van der Waals surface area (Å²) in [6.07, 6.45) is 1.72. The third kappa shape index (κ3) is 3.72. The number of nitrogens with two attached hydrogens (primary N) is 2. The molecule has 0 unspecified atom stereocenters. The number of carbonyl (C=O) groups is 1. The summed E-state index contributed by atoms with van der Waals surface area (Å²) in [4.78, 5) is 15.2. The van der Waals surface area contributed by atoms with Crippen molar-refractivity contribution >= 4 is 11.7 Å². The molecule has 4 N–H and O–H groups in total. The fourth-order valence-corrected chi connectivity index (χ4v) is 1.93. The molecule has 1 aromatic carbocycles. The number of benzene rings is 1. The molecule has 0 bridgehead atoms. The van der Waals surface area contributed by atoms with Crippen LogP contribution < -0.4 is 16.2 Å². The van der Waals surface area contributed by atoms with Crippen molar-refractivity contribution < 1.29 is 13.9 Å². The van der Waals surface area contributed by atoms with Crippen molar-refractivity contribution in [2.45, 2.75) is 20.3 Å². The Morgan fingerprint density at radius 3 is 2.55 bits per heavy atom. The highest BCUT2D eigenvalue weighted by molar-refractivity contribution is 5.80. The van der Waals surface area contributed by atoms with Crippen LogP contribution in [-0.4, -0.2) is 10.9 Å². The molecule has 0 aliphatic heterocycles. The summed E-state index contributed by atoms with van der Waals surface area (Å²) in [6.45, 7) is 3.36. The number of halogens is 1. The van der Waals surface area contributed by atoms with Gasteiger partial charge in [0.05, 0.1) is 0 Å². The number of anilines is 1. The largest absolute Gasteiger partial charge is 0.457 e. The zero-order chi connectivity index (χ0) is 16.3. The molecule has 1 aromatic heterocycles. The maximum absolute atomic E-state index is 14.2. The summed E-state index contributed by atoms with van der Waals surface area (Å²) in [6, 6.07) is 7.65. The highest BCUT2D eigenvalue weighted by atomic mass is 19.1. The Morgan fingerprint density at radius 2 is 1.95 bits per heavy atom. The lowest BCUT2D eigenvalue weighted by atomic mass is 9.85. The molecule has 0 aliphatic carbocycles. The normalized spacial score (nSPS) is 11.2. The molecule has 22 heavy (non-hydrogen) atoms. The molecule has 2 aromatic rings. The molecule has 1 amide bonds. The average molecular weight is 303 g/mol. The molecule has 0 saturated heterocycles. The topological polar surface area (TPSA) is 91.2 Å². The molecule has 1 heterocycles. The number of hydrogen-bond donors (Lipinski definition) is 2. The molecule has 116 valence electrons. The highest BCUT2D eigenvalue weighted by Crippen LogP contribution is 2.28. The number of nitrogens with zero attached hydrogens (tertiary/aromatic N) is 1. The minimum Gasteiger partial charge on any atom is -0.457 e. The Kier molecular flexibility index (Phi) is 4.30. The number of pyridine rings is 1. The van der Waals surface area contributed by atoms with E-state index in [0.29, 0.717) is 22.9 Å². The van der Waals surface area contributed by atoms with Gasteiger partial charge < -0.3 is 16.2 Å². The van der Waals surface area contributed by atoms with E-state index in [1.54, 1.807) is 38.1 Å². The van der Waals surface area contributed by atoms with E-state index >= 15 is 0 Å². The maximum atomic E-state index is 14.2. The quantitative estimate of drug-likeness (QED) is 0.888. The van der Waals surface area contributed by atoms with E-state index in [0.717, 1.165) is 0 Å². The molecular weight excluding hydrogens is 285 g/mol. The number of nitrogen functional groups attached to an aromatic ring is 1. The van der Waals surface area contributed by atoms with Crippen LogP contribution in [0.1, 0.15) is 19.4 Å². The van der Waals surface area contributed by atoms with Crippen molar-refractivity contribution in [2.75, 3.05) is 5.73 Å². The lowest BCUT2D eigenvalue weighted by Gasteiger charge is -2.20. The van der Waals surface area contributed by atoms with Gasteiger partial charge in [-0.2, -0.15) is 0 Å². The van der Waals surface area contributed by atoms with Gasteiger partial charge in [-0.1, -0.05) is 19.9 Å². The summed E-state index contributed by atoms with van der Waals surface area (Å²) < 4.78 is 19.7.